The molecule has 0 bridgehead atoms. The van der Waals surface area contributed by atoms with Crippen LogP contribution in [0.5, 0.6) is 5.75 Å². The summed E-state index contributed by atoms with van der Waals surface area (Å²) in [6.07, 6.45) is 0. The SMILES string of the molecule is Oc1csc2c(F)c(I)ccc12. The molecule has 0 radical (unpaired) electrons. The highest BCUT2D eigenvalue weighted by molar-refractivity contribution is 14.1. The lowest BCUT2D eigenvalue weighted by atomic mass is 10.2. The topological polar surface area (TPSA) is 20.2 Å². The quantitative estimate of drug-likeness (QED) is 0.739. The summed E-state index contributed by atoms with van der Waals surface area (Å²) >= 11 is 3.16. The average Bonchev–Trinajstić information content (AvgIpc) is 2.41. The van der Waals surface area contributed by atoms with Crippen molar-refractivity contribution in [3.8, 4) is 5.75 Å². The van der Waals surface area contributed by atoms with E-state index < -0.39 is 0 Å². The van der Waals surface area contributed by atoms with E-state index in [0.717, 1.165) is 0 Å². The Bertz CT molecular complexity index is 438. The van der Waals surface area contributed by atoms with Crippen molar-refractivity contribution in [2.24, 2.45) is 0 Å². The van der Waals surface area contributed by atoms with Gasteiger partial charge in [0, 0.05) is 10.8 Å². The molecule has 0 unspecified atom stereocenters. The highest BCUT2D eigenvalue weighted by Crippen LogP contribution is 2.34. The standard InChI is InChI=1S/C8H4FIOS/c9-7-5(10)2-1-4-6(11)3-12-8(4)7/h1-3,11H. The van der Waals surface area contributed by atoms with E-state index in [-0.39, 0.29) is 11.6 Å². The zero-order valence-corrected chi connectivity index (χ0v) is 8.82. The lowest BCUT2D eigenvalue weighted by molar-refractivity contribution is 0.483. The minimum atomic E-state index is -0.238. The second-order valence-electron chi connectivity index (χ2n) is 2.36. The van der Waals surface area contributed by atoms with Crippen LogP contribution < -0.4 is 0 Å². The summed E-state index contributed by atoms with van der Waals surface area (Å²) in [6.45, 7) is 0. The van der Waals surface area contributed by atoms with Crippen molar-refractivity contribution >= 4 is 44.0 Å². The Labute approximate surface area is 86.0 Å². The number of fused-ring (bicyclic) bond motifs is 1. The van der Waals surface area contributed by atoms with Gasteiger partial charge in [0.05, 0.1) is 8.27 Å². The van der Waals surface area contributed by atoms with Gasteiger partial charge in [0.25, 0.3) is 0 Å². The molecule has 0 aliphatic rings. The van der Waals surface area contributed by atoms with Crippen molar-refractivity contribution in [1.82, 2.24) is 0 Å². The van der Waals surface area contributed by atoms with E-state index in [2.05, 4.69) is 0 Å². The molecule has 1 N–H and O–H groups in total. The minimum Gasteiger partial charge on any atom is -0.506 e. The van der Waals surface area contributed by atoms with Gasteiger partial charge < -0.3 is 5.11 Å². The Morgan fingerprint density at radius 2 is 2.17 bits per heavy atom. The molecule has 1 aromatic carbocycles. The lowest BCUT2D eigenvalue weighted by Crippen LogP contribution is -1.79. The summed E-state index contributed by atoms with van der Waals surface area (Å²) in [6, 6.07) is 3.39. The minimum absolute atomic E-state index is 0.158. The number of hydrogen-bond acceptors (Lipinski definition) is 2. The maximum atomic E-state index is 13.3. The van der Waals surface area contributed by atoms with Crippen molar-refractivity contribution < 1.29 is 9.50 Å². The Hall–Kier alpha value is -0.360. The molecule has 0 amide bonds. The fourth-order valence-corrected chi connectivity index (χ4v) is 2.53. The number of hydrogen-bond donors (Lipinski definition) is 1. The van der Waals surface area contributed by atoms with Crippen LogP contribution in [-0.4, -0.2) is 5.11 Å². The van der Waals surface area contributed by atoms with Crippen molar-refractivity contribution in [3.05, 3.63) is 26.9 Å². The summed E-state index contributed by atoms with van der Waals surface area (Å²) < 4.78 is 14.4. The van der Waals surface area contributed by atoms with Crippen molar-refractivity contribution in [2.45, 2.75) is 0 Å². The third-order valence-corrected chi connectivity index (χ3v) is 3.42. The molecule has 4 heteroatoms. The molecule has 2 aromatic rings. The molecule has 1 aromatic heterocycles. The first-order chi connectivity index (χ1) is 5.70. The van der Waals surface area contributed by atoms with Crippen LogP contribution in [0.2, 0.25) is 0 Å². The fraction of sp³-hybridized carbons (Fsp3) is 0. The number of halogens is 2. The van der Waals surface area contributed by atoms with Gasteiger partial charge in [-0.1, -0.05) is 0 Å². The van der Waals surface area contributed by atoms with E-state index in [1.807, 2.05) is 22.6 Å². The first-order valence-electron chi connectivity index (χ1n) is 3.24. The van der Waals surface area contributed by atoms with E-state index in [4.69, 9.17) is 0 Å². The van der Waals surface area contributed by atoms with Gasteiger partial charge in [-0.3, -0.25) is 0 Å². The lowest BCUT2D eigenvalue weighted by Gasteiger charge is -1.94. The summed E-state index contributed by atoms with van der Waals surface area (Å²) in [5, 5.41) is 11.4. The second kappa shape index (κ2) is 2.85. The monoisotopic (exact) mass is 294 g/mol. The Kier molecular flexibility index (Phi) is 1.96. The largest absolute Gasteiger partial charge is 0.506 e. The van der Waals surface area contributed by atoms with Crippen molar-refractivity contribution in [3.63, 3.8) is 0 Å². The zero-order chi connectivity index (χ0) is 8.72. The van der Waals surface area contributed by atoms with Crippen LogP contribution in [0, 0.1) is 9.39 Å². The summed E-state index contributed by atoms with van der Waals surface area (Å²) in [5.41, 5.74) is 0. The Morgan fingerprint density at radius 3 is 2.92 bits per heavy atom. The van der Waals surface area contributed by atoms with Crippen LogP contribution >= 0.6 is 33.9 Å². The van der Waals surface area contributed by atoms with E-state index >= 15 is 0 Å². The zero-order valence-electron chi connectivity index (χ0n) is 5.84. The molecular weight excluding hydrogens is 290 g/mol. The van der Waals surface area contributed by atoms with Gasteiger partial charge >= 0.3 is 0 Å². The van der Waals surface area contributed by atoms with Gasteiger partial charge in [0.1, 0.15) is 5.75 Å². The predicted molar refractivity (Wildman–Crippen MR) is 56.2 cm³/mol. The van der Waals surface area contributed by atoms with Crippen LogP contribution in [0.4, 0.5) is 4.39 Å². The third-order valence-electron chi connectivity index (χ3n) is 1.61. The molecule has 0 atom stereocenters. The highest BCUT2D eigenvalue weighted by atomic mass is 127. The molecule has 0 aliphatic carbocycles. The molecule has 62 valence electrons. The van der Waals surface area contributed by atoms with Gasteiger partial charge in [0.2, 0.25) is 0 Å². The van der Waals surface area contributed by atoms with Crippen molar-refractivity contribution in [2.75, 3.05) is 0 Å². The van der Waals surface area contributed by atoms with Crippen LogP contribution in [0.25, 0.3) is 10.1 Å². The molecule has 0 saturated carbocycles. The highest BCUT2D eigenvalue weighted by Gasteiger charge is 2.09. The van der Waals surface area contributed by atoms with Gasteiger partial charge in [-0.05, 0) is 34.7 Å². The molecule has 12 heavy (non-hydrogen) atoms. The van der Waals surface area contributed by atoms with Crippen LogP contribution in [0.1, 0.15) is 0 Å². The molecule has 0 saturated heterocycles. The normalized spacial score (nSPS) is 10.8. The molecule has 0 aliphatic heterocycles. The van der Waals surface area contributed by atoms with E-state index in [1.54, 1.807) is 17.5 Å². The molecule has 2 rings (SSSR count). The molecule has 1 nitrogen and oxygen atoms in total. The van der Waals surface area contributed by atoms with Crippen molar-refractivity contribution in [1.29, 1.82) is 0 Å². The number of benzene rings is 1. The second-order valence-corrected chi connectivity index (χ2v) is 4.40. The molecule has 1 heterocycles. The summed E-state index contributed by atoms with van der Waals surface area (Å²) in [7, 11) is 0. The van der Waals surface area contributed by atoms with E-state index in [9.17, 15) is 9.50 Å². The first kappa shape index (κ1) is 8.25. The van der Waals surface area contributed by atoms with Gasteiger partial charge in [0.15, 0.2) is 5.82 Å². The first-order valence-corrected chi connectivity index (χ1v) is 5.20. The van der Waals surface area contributed by atoms with Gasteiger partial charge in [-0.25, -0.2) is 4.39 Å². The maximum Gasteiger partial charge on any atom is 0.154 e. The van der Waals surface area contributed by atoms with Gasteiger partial charge in [-0.15, -0.1) is 11.3 Å². The molecule has 0 fully saturated rings. The summed E-state index contributed by atoms with van der Waals surface area (Å²) in [4.78, 5) is 0. The predicted octanol–water partition coefficient (Wildman–Crippen LogP) is 3.35. The fourth-order valence-electron chi connectivity index (χ4n) is 1.03. The van der Waals surface area contributed by atoms with Crippen LogP contribution in [-0.2, 0) is 0 Å². The molecular formula is C8H4FIOS. The maximum absolute atomic E-state index is 13.3. The Balaban J connectivity index is 2.93. The molecule has 0 spiro atoms. The van der Waals surface area contributed by atoms with Crippen LogP contribution in [0.15, 0.2) is 17.5 Å². The summed E-state index contributed by atoms with van der Waals surface area (Å²) in [5.74, 6) is -0.0799. The Morgan fingerprint density at radius 1 is 1.42 bits per heavy atom. The van der Waals surface area contributed by atoms with Gasteiger partial charge in [-0.2, -0.15) is 0 Å². The smallest absolute Gasteiger partial charge is 0.154 e. The number of rotatable bonds is 0. The number of thiophene rings is 1. The van der Waals surface area contributed by atoms with Crippen LogP contribution in [0.3, 0.4) is 0 Å². The third kappa shape index (κ3) is 1.09. The average molecular weight is 294 g/mol. The number of aromatic hydroxyl groups is 1. The van der Waals surface area contributed by atoms with E-state index in [1.165, 1.54) is 11.3 Å². The van der Waals surface area contributed by atoms with E-state index in [0.29, 0.717) is 13.7 Å².